The van der Waals surface area contributed by atoms with Crippen molar-refractivity contribution in [3.63, 3.8) is 0 Å². The third-order valence-electron chi connectivity index (χ3n) is 0.553. The van der Waals surface area contributed by atoms with Gasteiger partial charge in [-0.25, -0.2) is 0 Å². The van der Waals surface area contributed by atoms with E-state index in [4.69, 9.17) is 2.64 Å². The molecule has 1 nitrogen and oxygen atoms in total. The Bertz CT molecular complexity index is 23.7. The standard InChI is InChI=1S/C2H5O.C2H5.ClH.Hg/c1-2-3;1-2;;/h2H2,1H3;1H2,2H3;1H;/q-1;;;+1. The van der Waals surface area contributed by atoms with Crippen molar-refractivity contribution < 1.29 is 27.7 Å². The molecule has 0 saturated heterocycles. The fraction of sp³-hybridized carbons (Fsp3) is 1.00. The van der Waals surface area contributed by atoms with Gasteiger partial charge < -0.3 is 0 Å². The van der Waals surface area contributed by atoms with Gasteiger partial charge in [0.15, 0.2) is 0 Å². The molecule has 0 aromatic heterocycles. The zero-order valence-corrected chi connectivity index (χ0v) is 11.3. The van der Waals surface area contributed by atoms with Gasteiger partial charge in [-0.3, -0.25) is 0 Å². The second-order valence-corrected chi connectivity index (χ2v) is 8.26. The minimum Gasteiger partial charge on any atom is -0.147 e. The summed E-state index contributed by atoms with van der Waals surface area (Å²) in [5.41, 5.74) is 0. The van der Waals surface area contributed by atoms with Crippen molar-refractivity contribution in [3.05, 3.63) is 0 Å². The van der Waals surface area contributed by atoms with Crippen LogP contribution in [0.4, 0.5) is 0 Å². The molecule has 0 radical (unpaired) electrons. The molecular weight excluding hydrogens is 300 g/mol. The third-order valence-corrected chi connectivity index (χ3v) is 4.85. The zero-order chi connectivity index (χ0) is 4.83. The van der Waals surface area contributed by atoms with Gasteiger partial charge in [-0.15, -0.1) is 12.4 Å². The van der Waals surface area contributed by atoms with E-state index < -0.39 is 25.0 Å². The number of halogens is 1. The summed E-state index contributed by atoms with van der Waals surface area (Å²) in [7, 11) is 0. The zero-order valence-electron chi connectivity index (χ0n) is 4.94. The van der Waals surface area contributed by atoms with E-state index in [0.29, 0.717) is 0 Å². The predicted octanol–water partition coefficient (Wildman–Crippen LogP) is 1.88. The second kappa shape index (κ2) is 10.2. The van der Waals surface area contributed by atoms with Crippen LogP contribution in [-0.4, -0.2) is 6.61 Å². The Kier molecular flexibility index (Phi) is 16.1. The Hall–Kier alpha value is 1.19. The summed E-state index contributed by atoms with van der Waals surface area (Å²) in [5, 5.41) is 0. The molecule has 0 N–H and O–H groups in total. The summed E-state index contributed by atoms with van der Waals surface area (Å²) < 4.78 is 6.56. The van der Waals surface area contributed by atoms with Crippen LogP contribution >= 0.6 is 12.4 Å². The summed E-state index contributed by atoms with van der Waals surface area (Å²) >= 11 is -0.673. The van der Waals surface area contributed by atoms with Crippen LogP contribution in [0.5, 0.6) is 0 Å². The maximum absolute atomic E-state index is 5.20. The van der Waals surface area contributed by atoms with E-state index in [1.165, 1.54) is 3.93 Å². The molecule has 0 aromatic rings. The summed E-state index contributed by atoms with van der Waals surface area (Å²) in [4.78, 5) is 0. The minimum atomic E-state index is -0.673. The molecule has 0 fully saturated rings. The number of rotatable bonds is 3. The van der Waals surface area contributed by atoms with E-state index in [1.807, 2.05) is 0 Å². The van der Waals surface area contributed by atoms with Gasteiger partial charge in [-0.2, -0.15) is 0 Å². The first kappa shape index (κ1) is 11.0. The quantitative estimate of drug-likeness (QED) is 0.571. The molecule has 0 atom stereocenters. The van der Waals surface area contributed by atoms with Crippen molar-refractivity contribution in [3.8, 4) is 0 Å². The van der Waals surface area contributed by atoms with E-state index >= 15 is 0 Å². The Balaban J connectivity index is 0. The van der Waals surface area contributed by atoms with Crippen molar-refractivity contribution in [2.75, 3.05) is 6.61 Å². The summed E-state index contributed by atoms with van der Waals surface area (Å²) in [6, 6.07) is 0. The molecule has 0 aliphatic rings. The third kappa shape index (κ3) is 11.0. The van der Waals surface area contributed by atoms with Crippen LogP contribution < -0.4 is 0 Å². The van der Waals surface area contributed by atoms with Gasteiger partial charge in [0.05, 0.1) is 0 Å². The fourth-order valence-corrected chi connectivity index (χ4v) is 2.53. The van der Waals surface area contributed by atoms with Crippen LogP contribution in [0, 0.1) is 0 Å². The second-order valence-electron chi connectivity index (χ2n) is 1.20. The Labute approximate surface area is 64.3 Å². The molecule has 0 amide bonds. The van der Waals surface area contributed by atoms with Gasteiger partial charge in [0, 0.05) is 0 Å². The van der Waals surface area contributed by atoms with E-state index in [9.17, 15) is 0 Å². The Morgan fingerprint density at radius 1 is 1.43 bits per heavy atom. The van der Waals surface area contributed by atoms with Gasteiger partial charge in [-0.05, 0) is 0 Å². The van der Waals surface area contributed by atoms with E-state index in [-0.39, 0.29) is 12.4 Å². The van der Waals surface area contributed by atoms with Gasteiger partial charge in [0.1, 0.15) is 0 Å². The largest absolute Gasteiger partial charge is 0.147 e. The van der Waals surface area contributed by atoms with Gasteiger partial charge in [0.25, 0.3) is 0 Å². The van der Waals surface area contributed by atoms with E-state index in [2.05, 4.69) is 13.8 Å². The molecule has 0 spiro atoms. The van der Waals surface area contributed by atoms with Crippen molar-refractivity contribution in [1.29, 1.82) is 0 Å². The maximum atomic E-state index is 5.20. The SMILES string of the molecule is CC[O][Hg][CH2]C.Cl. The molecule has 0 saturated carbocycles. The molecule has 0 bridgehead atoms. The van der Waals surface area contributed by atoms with Crippen molar-refractivity contribution in [2.45, 2.75) is 17.8 Å². The average molecular weight is 311 g/mol. The topological polar surface area (TPSA) is 9.23 Å². The molecule has 0 heterocycles. The van der Waals surface area contributed by atoms with Crippen molar-refractivity contribution in [2.24, 2.45) is 0 Å². The number of hydrogen-bond donors (Lipinski definition) is 0. The molecule has 7 heavy (non-hydrogen) atoms. The molecule has 0 aromatic carbocycles. The smallest absolute Gasteiger partial charge is 0.147 e. The monoisotopic (exact) mass is 312 g/mol. The van der Waals surface area contributed by atoms with E-state index in [0.717, 1.165) is 6.61 Å². The Morgan fingerprint density at radius 3 is 2.14 bits per heavy atom. The number of hydrogen-bond acceptors (Lipinski definition) is 1. The van der Waals surface area contributed by atoms with Crippen LogP contribution in [0.3, 0.4) is 0 Å². The molecular formula is C4H11ClHgO. The normalized spacial score (nSPS) is 6.57. The first-order valence-corrected chi connectivity index (χ1v) is 8.62. The van der Waals surface area contributed by atoms with Crippen LogP contribution in [0.25, 0.3) is 0 Å². The van der Waals surface area contributed by atoms with E-state index in [1.54, 1.807) is 0 Å². The average Bonchev–Trinajstić information content (AvgIpc) is 1.61. The molecule has 0 aliphatic heterocycles. The van der Waals surface area contributed by atoms with Crippen LogP contribution in [-0.2, 0) is 27.7 Å². The fourth-order valence-electron chi connectivity index (χ4n) is 0.289. The van der Waals surface area contributed by atoms with Gasteiger partial charge >= 0.3 is 52.1 Å². The molecule has 0 unspecified atom stereocenters. The first-order valence-electron chi connectivity index (χ1n) is 2.49. The van der Waals surface area contributed by atoms with Gasteiger partial charge in [-0.1, -0.05) is 0 Å². The minimum absolute atomic E-state index is 0. The van der Waals surface area contributed by atoms with Crippen molar-refractivity contribution in [1.82, 2.24) is 0 Å². The maximum Gasteiger partial charge on any atom is -0.147 e. The summed E-state index contributed by atoms with van der Waals surface area (Å²) in [5.74, 6) is 0. The van der Waals surface area contributed by atoms with Crippen molar-refractivity contribution >= 4 is 12.4 Å². The van der Waals surface area contributed by atoms with Crippen LogP contribution in [0.2, 0.25) is 3.93 Å². The Morgan fingerprint density at radius 2 is 2.00 bits per heavy atom. The molecule has 0 aliphatic carbocycles. The van der Waals surface area contributed by atoms with Crippen LogP contribution in [0.15, 0.2) is 0 Å². The van der Waals surface area contributed by atoms with Crippen LogP contribution in [0.1, 0.15) is 13.8 Å². The molecule has 0 rings (SSSR count). The molecule has 42 valence electrons. The predicted molar refractivity (Wildman–Crippen MR) is 29.4 cm³/mol. The first-order chi connectivity index (χ1) is 2.91. The van der Waals surface area contributed by atoms with Gasteiger partial charge in [0.2, 0.25) is 0 Å². The molecule has 3 heteroatoms. The summed E-state index contributed by atoms with van der Waals surface area (Å²) in [6.07, 6.45) is 0. The summed E-state index contributed by atoms with van der Waals surface area (Å²) in [6.45, 7) is 5.22.